The molecule has 2 aromatic heterocycles. The van der Waals surface area contributed by atoms with Gasteiger partial charge in [0.15, 0.2) is 11.4 Å². The standard InChI is InChI=1S/C17H18N4O3/c1-2-15-18-17(20-24-15)13-7-5-9-21(13)16(22)10-12-11-6-3-4-8-14(11)23-19-12/h3-4,6,8,13H,2,5,7,9-10H2,1H3. The molecule has 0 radical (unpaired) electrons. The van der Waals surface area contributed by atoms with Gasteiger partial charge in [-0.15, -0.1) is 0 Å². The van der Waals surface area contributed by atoms with E-state index >= 15 is 0 Å². The largest absolute Gasteiger partial charge is 0.356 e. The Bertz CT molecular complexity index is 869. The van der Waals surface area contributed by atoms with Gasteiger partial charge in [0.1, 0.15) is 5.69 Å². The molecule has 1 atom stereocenters. The highest BCUT2D eigenvalue weighted by atomic mass is 16.5. The molecule has 3 aromatic rings. The highest BCUT2D eigenvalue weighted by Crippen LogP contribution is 2.31. The summed E-state index contributed by atoms with van der Waals surface area (Å²) in [5.41, 5.74) is 1.37. The van der Waals surface area contributed by atoms with Gasteiger partial charge in [-0.3, -0.25) is 4.79 Å². The summed E-state index contributed by atoms with van der Waals surface area (Å²) in [7, 11) is 0. The van der Waals surface area contributed by atoms with E-state index in [0.29, 0.717) is 36.0 Å². The molecule has 1 aromatic carbocycles. The fourth-order valence-electron chi connectivity index (χ4n) is 3.19. The zero-order chi connectivity index (χ0) is 16.5. The maximum Gasteiger partial charge on any atom is 0.229 e. The second-order valence-electron chi connectivity index (χ2n) is 5.95. The monoisotopic (exact) mass is 326 g/mol. The lowest BCUT2D eigenvalue weighted by Gasteiger charge is -2.21. The first-order chi connectivity index (χ1) is 11.8. The van der Waals surface area contributed by atoms with Gasteiger partial charge < -0.3 is 13.9 Å². The molecule has 1 unspecified atom stereocenters. The van der Waals surface area contributed by atoms with Gasteiger partial charge in [0.25, 0.3) is 0 Å². The molecule has 7 nitrogen and oxygen atoms in total. The number of carbonyl (C=O) groups excluding carboxylic acids is 1. The number of hydrogen-bond acceptors (Lipinski definition) is 6. The van der Waals surface area contributed by atoms with Crippen molar-refractivity contribution < 1.29 is 13.8 Å². The number of benzene rings is 1. The van der Waals surface area contributed by atoms with Crippen molar-refractivity contribution in [3.8, 4) is 0 Å². The summed E-state index contributed by atoms with van der Waals surface area (Å²) in [4.78, 5) is 19.0. The van der Waals surface area contributed by atoms with Crippen molar-refractivity contribution >= 4 is 16.9 Å². The van der Waals surface area contributed by atoms with Crippen LogP contribution >= 0.6 is 0 Å². The molecule has 24 heavy (non-hydrogen) atoms. The van der Waals surface area contributed by atoms with Gasteiger partial charge in [0.2, 0.25) is 11.8 Å². The lowest BCUT2D eigenvalue weighted by molar-refractivity contribution is -0.131. The highest BCUT2D eigenvalue weighted by molar-refractivity contribution is 5.86. The molecule has 1 saturated heterocycles. The van der Waals surface area contributed by atoms with Gasteiger partial charge in [-0.2, -0.15) is 4.98 Å². The third-order valence-corrected chi connectivity index (χ3v) is 4.43. The molecular formula is C17H18N4O3. The van der Waals surface area contributed by atoms with Crippen LogP contribution in [-0.2, 0) is 17.6 Å². The second-order valence-corrected chi connectivity index (χ2v) is 5.95. The summed E-state index contributed by atoms with van der Waals surface area (Å²) < 4.78 is 10.5. The lowest BCUT2D eigenvalue weighted by atomic mass is 10.1. The summed E-state index contributed by atoms with van der Waals surface area (Å²) in [6, 6.07) is 7.46. The Labute approximate surface area is 138 Å². The number of para-hydroxylation sites is 1. The molecule has 1 aliphatic rings. The van der Waals surface area contributed by atoms with Gasteiger partial charge in [-0.05, 0) is 25.0 Å². The van der Waals surface area contributed by atoms with E-state index in [9.17, 15) is 4.79 Å². The molecule has 0 spiro atoms. The molecule has 1 aliphatic heterocycles. The molecule has 0 saturated carbocycles. The third kappa shape index (κ3) is 2.55. The molecule has 1 amide bonds. The molecule has 0 aliphatic carbocycles. The van der Waals surface area contributed by atoms with E-state index in [2.05, 4.69) is 15.3 Å². The topological polar surface area (TPSA) is 85.3 Å². The van der Waals surface area contributed by atoms with Crippen LogP contribution in [0.2, 0.25) is 0 Å². The Morgan fingerprint density at radius 2 is 2.17 bits per heavy atom. The molecule has 3 heterocycles. The fourth-order valence-corrected chi connectivity index (χ4v) is 3.19. The molecule has 7 heteroatoms. The van der Waals surface area contributed by atoms with Gasteiger partial charge in [-0.25, -0.2) is 0 Å². The number of fused-ring (bicyclic) bond motifs is 1. The zero-order valence-corrected chi connectivity index (χ0v) is 13.4. The van der Waals surface area contributed by atoms with Crippen molar-refractivity contribution in [2.45, 2.75) is 38.6 Å². The number of nitrogens with zero attached hydrogens (tertiary/aromatic N) is 4. The van der Waals surface area contributed by atoms with E-state index in [-0.39, 0.29) is 18.4 Å². The number of hydrogen-bond donors (Lipinski definition) is 0. The number of aromatic nitrogens is 3. The fraction of sp³-hybridized carbons (Fsp3) is 0.412. The van der Waals surface area contributed by atoms with Crippen molar-refractivity contribution in [2.24, 2.45) is 0 Å². The summed E-state index contributed by atoms with van der Waals surface area (Å²) in [5, 5.41) is 8.97. The normalized spacial score (nSPS) is 17.7. The Morgan fingerprint density at radius 1 is 1.29 bits per heavy atom. The Hall–Kier alpha value is -2.70. The summed E-state index contributed by atoms with van der Waals surface area (Å²) >= 11 is 0. The van der Waals surface area contributed by atoms with Gasteiger partial charge >= 0.3 is 0 Å². The summed E-state index contributed by atoms with van der Waals surface area (Å²) in [6.07, 6.45) is 2.70. The van der Waals surface area contributed by atoms with E-state index in [0.717, 1.165) is 18.2 Å². The Balaban J connectivity index is 1.54. The number of rotatable bonds is 4. The maximum absolute atomic E-state index is 12.8. The van der Waals surface area contributed by atoms with Gasteiger partial charge in [0.05, 0.1) is 12.5 Å². The van der Waals surface area contributed by atoms with Crippen LogP contribution in [0.4, 0.5) is 0 Å². The van der Waals surface area contributed by atoms with Crippen LogP contribution in [0.5, 0.6) is 0 Å². The van der Waals surface area contributed by atoms with Crippen molar-refractivity contribution in [3.05, 3.63) is 41.7 Å². The van der Waals surface area contributed by atoms with Crippen LogP contribution < -0.4 is 0 Å². The van der Waals surface area contributed by atoms with E-state index in [1.54, 1.807) is 0 Å². The van der Waals surface area contributed by atoms with Crippen LogP contribution in [-0.4, -0.2) is 32.6 Å². The minimum atomic E-state index is -0.111. The minimum Gasteiger partial charge on any atom is -0.356 e. The first-order valence-electron chi connectivity index (χ1n) is 8.21. The number of carbonyl (C=O) groups is 1. The SMILES string of the molecule is CCc1nc(C2CCCN2C(=O)Cc2noc3ccccc23)no1. The van der Waals surface area contributed by atoms with Crippen LogP contribution in [0, 0.1) is 0 Å². The summed E-state index contributed by atoms with van der Waals surface area (Å²) in [5.74, 6) is 1.22. The van der Waals surface area contributed by atoms with Crippen molar-refractivity contribution in [1.82, 2.24) is 20.2 Å². The molecule has 0 N–H and O–H groups in total. The van der Waals surface area contributed by atoms with Crippen molar-refractivity contribution in [2.75, 3.05) is 6.54 Å². The number of amides is 1. The first-order valence-corrected chi connectivity index (χ1v) is 8.21. The third-order valence-electron chi connectivity index (χ3n) is 4.43. The van der Waals surface area contributed by atoms with E-state index in [1.807, 2.05) is 36.1 Å². The molecule has 1 fully saturated rings. The van der Waals surface area contributed by atoms with E-state index < -0.39 is 0 Å². The quantitative estimate of drug-likeness (QED) is 0.733. The molecule has 4 rings (SSSR count). The van der Waals surface area contributed by atoms with Crippen LogP contribution in [0.25, 0.3) is 11.0 Å². The predicted octanol–water partition coefficient (Wildman–Crippen LogP) is 2.68. The second kappa shape index (κ2) is 6.07. The van der Waals surface area contributed by atoms with Crippen molar-refractivity contribution in [3.63, 3.8) is 0 Å². The minimum absolute atomic E-state index is 0.0133. The first kappa shape index (κ1) is 14.9. The smallest absolute Gasteiger partial charge is 0.229 e. The van der Waals surface area contributed by atoms with Crippen LogP contribution in [0.3, 0.4) is 0 Å². The average molecular weight is 326 g/mol. The number of likely N-dealkylation sites (tertiary alicyclic amines) is 1. The summed E-state index contributed by atoms with van der Waals surface area (Å²) in [6.45, 7) is 2.67. The van der Waals surface area contributed by atoms with Crippen molar-refractivity contribution in [1.29, 1.82) is 0 Å². The highest BCUT2D eigenvalue weighted by Gasteiger charge is 2.33. The molecular weight excluding hydrogens is 308 g/mol. The average Bonchev–Trinajstić information content (AvgIpc) is 3.34. The van der Waals surface area contributed by atoms with Crippen LogP contribution in [0.15, 0.2) is 33.3 Å². The van der Waals surface area contributed by atoms with Gasteiger partial charge in [-0.1, -0.05) is 29.4 Å². The Kier molecular flexibility index (Phi) is 3.76. The number of aryl methyl sites for hydroxylation is 1. The van der Waals surface area contributed by atoms with E-state index in [4.69, 9.17) is 9.05 Å². The molecule has 0 bridgehead atoms. The van der Waals surface area contributed by atoms with Gasteiger partial charge in [0, 0.05) is 18.4 Å². The van der Waals surface area contributed by atoms with Crippen LogP contribution in [0.1, 0.15) is 43.2 Å². The predicted molar refractivity (Wildman–Crippen MR) is 85.1 cm³/mol. The zero-order valence-electron chi connectivity index (χ0n) is 13.4. The lowest BCUT2D eigenvalue weighted by Crippen LogP contribution is -2.32. The van der Waals surface area contributed by atoms with E-state index in [1.165, 1.54) is 0 Å². The molecule has 124 valence electrons. The maximum atomic E-state index is 12.8. The Morgan fingerprint density at radius 3 is 3.00 bits per heavy atom.